The van der Waals surface area contributed by atoms with E-state index in [9.17, 15) is 9.59 Å². The first-order valence-corrected chi connectivity index (χ1v) is 11.1. The Hall–Kier alpha value is -1.70. The van der Waals surface area contributed by atoms with Gasteiger partial charge in [-0.05, 0) is 77.6 Å². The predicted molar refractivity (Wildman–Crippen MR) is 118 cm³/mol. The molecule has 2 heterocycles. The number of likely N-dealkylation sites (N-methyl/N-ethyl adjacent to an activating group) is 1. The van der Waals surface area contributed by atoms with Crippen molar-refractivity contribution in [2.45, 2.75) is 26.3 Å². The Morgan fingerprint density at radius 2 is 1.86 bits per heavy atom. The lowest BCUT2D eigenvalue weighted by Gasteiger charge is -2.30. The molecule has 2 aromatic rings. The maximum Gasteiger partial charge on any atom is 0.264 e. The van der Waals surface area contributed by atoms with Crippen LogP contribution in [0, 0.1) is 5.92 Å². The number of amides is 2. The Morgan fingerprint density at radius 1 is 1.18 bits per heavy atom. The third-order valence-corrected chi connectivity index (χ3v) is 6.64. The molecule has 0 radical (unpaired) electrons. The molecule has 0 atom stereocenters. The van der Waals surface area contributed by atoms with E-state index in [1.807, 2.05) is 18.2 Å². The van der Waals surface area contributed by atoms with E-state index in [2.05, 4.69) is 45.2 Å². The van der Waals surface area contributed by atoms with Crippen LogP contribution in [-0.4, -0.2) is 48.3 Å². The minimum atomic E-state index is -0.204. The van der Waals surface area contributed by atoms with Crippen molar-refractivity contribution in [3.05, 3.63) is 50.6 Å². The summed E-state index contributed by atoms with van der Waals surface area (Å²) in [6, 6.07) is 11.6. The summed E-state index contributed by atoms with van der Waals surface area (Å²) >= 11 is 4.71. The minimum Gasteiger partial charge on any atom is -0.332 e. The van der Waals surface area contributed by atoms with E-state index >= 15 is 0 Å². The second-order valence-corrected chi connectivity index (χ2v) is 9.93. The highest BCUT2D eigenvalue weighted by Gasteiger charge is 2.17. The number of halogens is 1. The second kappa shape index (κ2) is 9.67. The number of carbonyl (C=O) groups excluding carboxylic acids is 2. The van der Waals surface area contributed by atoms with Crippen molar-refractivity contribution >= 4 is 44.8 Å². The first-order chi connectivity index (χ1) is 13.4. The molecule has 0 unspecified atom stereocenters. The molecule has 150 valence electrons. The molecule has 7 heteroatoms. The van der Waals surface area contributed by atoms with Crippen LogP contribution in [0.25, 0.3) is 0 Å². The lowest BCUT2D eigenvalue weighted by atomic mass is 9.99. The van der Waals surface area contributed by atoms with E-state index in [4.69, 9.17) is 0 Å². The van der Waals surface area contributed by atoms with E-state index in [1.54, 1.807) is 13.1 Å². The molecule has 5 nitrogen and oxygen atoms in total. The summed E-state index contributed by atoms with van der Waals surface area (Å²) < 4.78 is 0.896. The minimum absolute atomic E-state index is 0.0159. The van der Waals surface area contributed by atoms with E-state index in [-0.39, 0.29) is 18.4 Å². The number of thiophene rings is 1. The van der Waals surface area contributed by atoms with Crippen LogP contribution in [0.2, 0.25) is 0 Å². The standard InChI is InChI=1S/C21H26BrN3O2S/c1-15-9-11-25(12-10-15)13-16-3-5-17(6-4-16)23-20(26)14-24(2)21(27)18-7-8-19(22)28-18/h3-8,15H,9-14H2,1-2H3,(H,23,26). The van der Waals surface area contributed by atoms with Crippen LogP contribution in [0.5, 0.6) is 0 Å². The van der Waals surface area contributed by atoms with Crippen molar-refractivity contribution in [1.82, 2.24) is 9.80 Å². The second-order valence-electron chi connectivity index (χ2n) is 7.47. The van der Waals surface area contributed by atoms with Gasteiger partial charge in [0, 0.05) is 19.3 Å². The molecule has 1 aliphatic heterocycles. The normalized spacial score (nSPS) is 15.4. The van der Waals surface area contributed by atoms with Crippen LogP contribution in [0.4, 0.5) is 5.69 Å². The molecule has 0 spiro atoms. The fourth-order valence-electron chi connectivity index (χ4n) is 3.28. The number of piperidine rings is 1. The third kappa shape index (κ3) is 5.90. The number of rotatable bonds is 6. The van der Waals surface area contributed by atoms with Crippen LogP contribution in [-0.2, 0) is 11.3 Å². The number of hydrogen-bond acceptors (Lipinski definition) is 4. The Labute approximate surface area is 178 Å². The summed E-state index contributed by atoms with van der Waals surface area (Å²) in [4.78, 5) is 29.1. The van der Waals surface area contributed by atoms with Gasteiger partial charge in [0.05, 0.1) is 15.2 Å². The van der Waals surface area contributed by atoms with E-state index in [0.29, 0.717) is 4.88 Å². The smallest absolute Gasteiger partial charge is 0.264 e. The third-order valence-electron chi connectivity index (χ3n) is 5.03. The number of benzene rings is 1. The molecular weight excluding hydrogens is 438 g/mol. The summed E-state index contributed by atoms with van der Waals surface area (Å²) in [5, 5.41) is 2.87. The number of nitrogens with one attached hydrogen (secondary N) is 1. The molecule has 1 aromatic heterocycles. The maximum atomic E-state index is 12.3. The number of likely N-dealkylation sites (tertiary alicyclic amines) is 1. The van der Waals surface area contributed by atoms with Crippen LogP contribution >= 0.6 is 27.3 Å². The van der Waals surface area contributed by atoms with Crippen molar-refractivity contribution in [2.24, 2.45) is 5.92 Å². The zero-order valence-corrected chi connectivity index (χ0v) is 18.7. The highest BCUT2D eigenvalue weighted by molar-refractivity contribution is 9.11. The number of anilines is 1. The van der Waals surface area contributed by atoms with Crippen molar-refractivity contribution in [3.63, 3.8) is 0 Å². The lowest BCUT2D eigenvalue weighted by Crippen LogP contribution is -2.34. The van der Waals surface area contributed by atoms with Gasteiger partial charge < -0.3 is 10.2 Å². The molecule has 1 saturated heterocycles. The van der Waals surface area contributed by atoms with Gasteiger partial charge in [0.15, 0.2) is 0 Å². The molecule has 28 heavy (non-hydrogen) atoms. The Kier molecular flexibility index (Phi) is 7.26. The molecular formula is C21H26BrN3O2S. The van der Waals surface area contributed by atoms with Crippen molar-refractivity contribution in [2.75, 3.05) is 32.0 Å². The molecule has 0 aliphatic carbocycles. The lowest BCUT2D eigenvalue weighted by molar-refractivity contribution is -0.116. The van der Waals surface area contributed by atoms with Gasteiger partial charge in [-0.2, -0.15) is 0 Å². The summed E-state index contributed by atoms with van der Waals surface area (Å²) in [5.74, 6) is 0.474. The molecule has 1 fully saturated rings. The Morgan fingerprint density at radius 3 is 2.46 bits per heavy atom. The average molecular weight is 464 g/mol. The zero-order valence-electron chi connectivity index (χ0n) is 16.3. The Bertz CT molecular complexity index is 813. The van der Waals surface area contributed by atoms with Gasteiger partial charge in [-0.3, -0.25) is 14.5 Å². The maximum absolute atomic E-state index is 12.3. The van der Waals surface area contributed by atoms with Gasteiger partial charge in [-0.1, -0.05) is 19.1 Å². The van der Waals surface area contributed by atoms with E-state index in [0.717, 1.165) is 35.0 Å². The molecule has 1 aromatic carbocycles. The highest BCUT2D eigenvalue weighted by atomic mass is 79.9. The topological polar surface area (TPSA) is 52.7 Å². The van der Waals surface area contributed by atoms with Gasteiger partial charge in [-0.15, -0.1) is 11.3 Å². The molecule has 2 amide bonds. The molecule has 1 N–H and O–H groups in total. The number of hydrogen-bond donors (Lipinski definition) is 1. The molecule has 1 aliphatic rings. The highest BCUT2D eigenvalue weighted by Crippen LogP contribution is 2.23. The van der Waals surface area contributed by atoms with Gasteiger partial charge in [0.1, 0.15) is 0 Å². The average Bonchev–Trinajstić information content (AvgIpc) is 3.10. The quantitative estimate of drug-likeness (QED) is 0.687. The van der Waals surface area contributed by atoms with Gasteiger partial charge in [0.25, 0.3) is 5.91 Å². The van der Waals surface area contributed by atoms with Crippen LogP contribution < -0.4 is 5.32 Å². The first-order valence-electron chi connectivity index (χ1n) is 9.52. The van der Waals surface area contributed by atoms with Crippen molar-refractivity contribution in [1.29, 1.82) is 0 Å². The van der Waals surface area contributed by atoms with E-state index < -0.39 is 0 Å². The zero-order chi connectivity index (χ0) is 20.1. The monoisotopic (exact) mass is 463 g/mol. The van der Waals surface area contributed by atoms with Gasteiger partial charge >= 0.3 is 0 Å². The summed E-state index contributed by atoms with van der Waals surface area (Å²) in [6.45, 7) is 5.59. The van der Waals surface area contributed by atoms with E-state index in [1.165, 1.54) is 34.6 Å². The Balaban J connectivity index is 1.48. The number of nitrogens with zero attached hydrogens (tertiary/aromatic N) is 2. The van der Waals surface area contributed by atoms with Crippen LogP contribution in [0.1, 0.15) is 35.0 Å². The summed E-state index contributed by atoms with van der Waals surface area (Å²) in [6.07, 6.45) is 2.53. The fraction of sp³-hybridized carbons (Fsp3) is 0.429. The SMILES string of the molecule is CC1CCN(Cc2ccc(NC(=O)CN(C)C(=O)c3ccc(Br)s3)cc2)CC1. The largest absolute Gasteiger partial charge is 0.332 e. The van der Waals surface area contributed by atoms with Crippen molar-refractivity contribution < 1.29 is 9.59 Å². The fourth-order valence-corrected chi connectivity index (χ4v) is 4.66. The van der Waals surface area contributed by atoms with Crippen LogP contribution in [0.3, 0.4) is 0 Å². The predicted octanol–water partition coefficient (Wildman–Crippen LogP) is 4.45. The summed E-state index contributed by atoms with van der Waals surface area (Å²) in [7, 11) is 1.64. The first kappa shape index (κ1) is 21.0. The van der Waals surface area contributed by atoms with Crippen LogP contribution in [0.15, 0.2) is 40.2 Å². The number of carbonyl (C=O) groups is 2. The molecule has 0 bridgehead atoms. The molecule has 3 rings (SSSR count). The summed E-state index contributed by atoms with van der Waals surface area (Å²) in [5.41, 5.74) is 2.00. The van der Waals surface area contributed by atoms with Crippen molar-refractivity contribution in [3.8, 4) is 0 Å². The van der Waals surface area contributed by atoms with Gasteiger partial charge in [-0.25, -0.2) is 0 Å². The molecule has 0 saturated carbocycles. The van der Waals surface area contributed by atoms with Gasteiger partial charge in [0.2, 0.25) is 5.91 Å².